The number of halogens is 1. The van der Waals surface area contributed by atoms with Gasteiger partial charge in [-0.2, -0.15) is 0 Å². The van der Waals surface area contributed by atoms with Crippen molar-refractivity contribution in [1.82, 2.24) is 9.97 Å². The molecular weight excluding hydrogens is 357 g/mol. The second-order valence-electron chi connectivity index (χ2n) is 4.33. The molecule has 1 atom stereocenters. The van der Waals surface area contributed by atoms with Gasteiger partial charge in [0.15, 0.2) is 0 Å². The Morgan fingerprint density at radius 1 is 1.47 bits per heavy atom. The van der Waals surface area contributed by atoms with E-state index in [1.165, 1.54) is 11.9 Å². The monoisotopic (exact) mass is 369 g/mol. The number of ether oxygens (including phenoxy) is 1. The predicted molar refractivity (Wildman–Crippen MR) is 80.6 cm³/mol. The lowest BCUT2D eigenvalue weighted by Gasteiger charge is -2.12. The highest BCUT2D eigenvalue weighted by Crippen LogP contribution is 2.28. The van der Waals surface area contributed by atoms with Crippen LogP contribution in [0.25, 0.3) is 0 Å². The summed E-state index contributed by atoms with van der Waals surface area (Å²) < 4.78 is 6.39. The van der Waals surface area contributed by atoms with Crippen LogP contribution in [0, 0.1) is 3.57 Å². The van der Waals surface area contributed by atoms with Crippen molar-refractivity contribution in [2.24, 2.45) is 0 Å². The summed E-state index contributed by atoms with van der Waals surface area (Å²) in [7, 11) is 0. The Labute approximate surface area is 123 Å². The van der Waals surface area contributed by atoms with Gasteiger partial charge in [0.1, 0.15) is 21.2 Å². The standard InChI is InChI=1S/C13H12IN3O2/c14-11-12(16-7-17-13(11)18)15-6-9-5-8-3-1-2-4-10(8)19-9/h1-4,7,9H,5-6H2,(H2,15,16,17,18). The van der Waals surface area contributed by atoms with Gasteiger partial charge in [-0.3, -0.25) is 4.79 Å². The van der Waals surface area contributed by atoms with E-state index < -0.39 is 0 Å². The summed E-state index contributed by atoms with van der Waals surface area (Å²) in [4.78, 5) is 18.1. The first-order valence-electron chi connectivity index (χ1n) is 5.95. The van der Waals surface area contributed by atoms with Gasteiger partial charge in [0.25, 0.3) is 5.56 Å². The number of benzene rings is 1. The fourth-order valence-electron chi connectivity index (χ4n) is 2.08. The molecule has 1 aromatic carbocycles. The Kier molecular flexibility index (Phi) is 3.41. The molecule has 5 nitrogen and oxygen atoms in total. The van der Waals surface area contributed by atoms with E-state index >= 15 is 0 Å². The molecule has 98 valence electrons. The van der Waals surface area contributed by atoms with Crippen molar-refractivity contribution in [1.29, 1.82) is 0 Å². The molecule has 0 amide bonds. The molecule has 1 aliphatic rings. The van der Waals surface area contributed by atoms with Crippen molar-refractivity contribution < 1.29 is 4.74 Å². The molecular formula is C13H12IN3O2. The van der Waals surface area contributed by atoms with E-state index in [0.29, 0.717) is 15.9 Å². The second kappa shape index (κ2) is 5.20. The van der Waals surface area contributed by atoms with Gasteiger partial charge in [-0.1, -0.05) is 18.2 Å². The van der Waals surface area contributed by atoms with Crippen LogP contribution in [0.15, 0.2) is 35.4 Å². The number of fused-ring (bicyclic) bond motifs is 1. The Bertz CT molecular complexity index is 631. The Balaban J connectivity index is 1.66. The van der Waals surface area contributed by atoms with Gasteiger partial charge in [-0.15, -0.1) is 0 Å². The number of hydrogen-bond acceptors (Lipinski definition) is 4. The molecule has 1 unspecified atom stereocenters. The van der Waals surface area contributed by atoms with Gasteiger partial charge in [-0.25, -0.2) is 4.98 Å². The predicted octanol–water partition coefficient (Wildman–Crippen LogP) is 1.79. The molecule has 0 fully saturated rings. The number of aromatic nitrogens is 2. The summed E-state index contributed by atoms with van der Waals surface area (Å²) in [5.41, 5.74) is 1.09. The fraction of sp³-hybridized carbons (Fsp3) is 0.231. The summed E-state index contributed by atoms with van der Waals surface area (Å²) in [6.07, 6.45) is 2.36. The average molecular weight is 369 g/mol. The first-order chi connectivity index (χ1) is 9.24. The van der Waals surface area contributed by atoms with Crippen LogP contribution in [0.3, 0.4) is 0 Å². The lowest BCUT2D eigenvalue weighted by Crippen LogP contribution is -2.26. The van der Waals surface area contributed by atoms with E-state index in [4.69, 9.17) is 4.74 Å². The SMILES string of the molecule is O=c1[nH]cnc(NCC2Cc3ccccc3O2)c1I. The summed E-state index contributed by atoms with van der Waals surface area (Å²) >= 11 is 1.98. The highest BCUT2D eigenvalue weighted by atomic mass is 127. The largest absolute Gasteiger partial charge is 0.488 e. The molecule has 0 radical (unpaired) electrons. The third-order valence-corrected chi connectivity index (χ3v) is 4.01. The minimum atomic E-state index is -0.131. The van der Waals surface area contributed by atoms with E-state index in [1.54, 1.807) is 0 Å². The second-order valence-corrected chi connectivity index (χ2v) is 5.41. The Hall–Kier alpha value is -1.57. The van der Waals surface area contributed by atoms with Gasteiger partial charge >= 0.3 is 0 Å². The number of H-pyrrole nitrogens is 1. The van der Waals surface area contributed by atoms with Gasteiger partial charge in [0, 0.05) is 6.42 Å². The molecule has 6 heteroatoms. The minimum absolute atomic E-state index is 0.0780. The molecule has 0 saturated heterocycles. The molecule has 1 aliphatic heterocycles. The Morgan fingerprint density at radius 2 is 2.32 bits per heavy atom. The number of anilines is 1. The molecule has 0 saturated carbocycles. The Morgan fingerprint density at radius 3 is 3.16 bits per heavy atom. The van der Waals surface area contributed by atoms with Crippen LogP contribution in [-0.4, -0.2) is 22.6 Å². The maximum atomic E-state index is 11.4. The normalized spacial score (nSPS) is 16.8. The van der Waals surface area contributed by atoms with Crippen molar-refractivity contribution in [3.05, 3.63) is 50.1 Å². The number of hydrogen-bond donors (Lipinski definition) is 2. The minimum Gasteiger partial charge on any atom is -0.488 e. The number of aromatic amines is 1. The first-order valence-corrected chi connectivity index (χ1v) is 7.03. The number of nitrogens with zero attached hydrogens (tertiary/aromatic N) is 1. The lowest BCUT2D eigenvalue weighted by atomic mass is 10.1. The quantitative estimate of drug-likeness (QED) is 0.810. The van der Waals surface area contributed by atoms with E-state index in [2.05, 4.69) is 21.4 Å². The smallest absolute Gasteiger partial charge is 0.266 e. The molecule has 1 aromatic heterocycles. The van der Waals surface area contributed by atoms with E-state index in [1.807, 2.05) is 40.8 Å². The van der Waals surface area contributed by atoms with Crippen LogP contribution in [0.2, 0.25) is 0 Å². The highest BCUT2D eigenvalue weighted by molar-refractivity contribution is 14.1. The topological polar surface area (TPSA) is 67.0 Å². The lowest BCUT2D eigenvalue weighted by molar-refractivity contribution is 0.246. The summed E-state index contributed by atoms with van der Waals surface area (Å²) in [5.74, 6) is 1.55. The molecule has 0 spiro atoms. The number of rotatable bonds is 3. The number of para-hydroxylation sites is 1. The zero-order valence-corrected chi connectivity index (χ0v) is 12.2. The van der Waals surface area contributed by atoms with Crippen molar-refractivity contribution in [2.75, 3.05) is 11.9 Å². The van der Waals surface area contributed by atoms with Crippen LogP contribution in [0.5, 0.6) is 5.75 Å². The summed E-state index contributed by atoms with van der Waals surface area (Å²) in [5, 5.41) is 3.17. The van der Waals surface area contributed by atoms with Crippen molar-refractivity contribution in [3.63, 3.8) is 0 Å². The molecule has 3 rings (SSSR count). The van der Waals surface area contributed by atoms with E-state index in [9.17, 15) is 4.79 Å². The first kappa shape index (κ1) is 12.5. The zero-order chi connectivity index (χ0) is 13.2. The van der Waals surface area contributed by atoms with Crippen molar-refractivity contribution in [3.8, 4) is 5.75 Å². The van der Waals surface area contributed by atoms with E-state index in [-0.39, 0.29) is 11.7 Å². The van der Waals surface area contributed by atoms with Crippen molar-refractivity contribution >= 4 is 28.4 Å². The highest BCUT2D eigenvalue weighted by Gasteiger charge is 2.22. The van der Waals surface area contributed by atoms with Crippen LogP contribution in [0.1, 0.15) is 5.56 Å². The van der Waals surface area contributed by atoms with Crippen LogP contribution >= 0.6 is 22.6 Å². The molecule has 2 N–H and O–H groups in total. The van der Waals surface area contributed by atoms with Gasteiger partial charge in [0.2, 0.25) is 0 Å². The van der Waals surface area contributed by atoms with Gasteiger partial charge < -0.3 is 15.0 Å². The molecule has 2 aromatic rings. The van der Waals surface area contributed by atoms with Gasteiger partial charge in [-0.05, 0) is 34.2 Å². The molecule has 2 heterocycles. The van der Waals surface area contributed by atoms with Gasteiger partial charge in [0.05, 0.1) is 12.9 Å². The van der Waals surface area contributed by atoms with Crippen LogP contribution in [0.4, 0.5) is 5.82 Å². The summed E-state index contributed by atoms with van der Waals surface area (Å²) in [6.45, 7) is 0.626. The van der Waals surface area contributed by atoms with Crippen LogP contribution < -0.4 is 15.6 Å². The third kappa shape index (κ3) is 2.58. The van der Waals surface area contributed by atoms with E-state index in [0.717, 1.165) is 12.2 Å². The molecule has 0 bridgehead atoms. The third-order valence-electron chi connectivity index (χ3n) is 3.01. The average Bonchev–Trinajstić information content (AvgIpc) is 2.83. The van der Waals surface area contributed by atoms with Crippen LogP contribution in [-0.2, 0) is 6.42 Å². The maximum Gasteiger partial charge on any atom is 0.266 e. The molecule has 0 aliphatic carbocycles. The van der Waals surface area contributed by atoms with Crippen molar-refractivity contribution in [2.45, 2.75) is 12.5 Å². The number of nitrogens with one attached hydrogen (secondary N) is 2. The maximum absolute atomic E-state index is 11.4. The fourth-order valence-corrected chi connectivity index (χ4v) is 2.57. The zero-order valence-electron chi connectivity index (χ0n) is 10.0. The summed E-state index contributed by atoms with van der Waals surface area (Å²) in [6, 6.07) is 8.03. The molecule has 19 heavy (non-hydrogen) atoms.